The second-order valence-corrected chi connectivity index (χ2v) is 7.38. The maximum Gasteiger partial charge on any atom is 0.279 e. The predicted molar refractivity (Wildman–Crippen MR) is 109 cm³/mol. The van der Waals surface area contributed by atoms with Gasteiger partial charge in [-0.2, -0.15) is 5.10 Å². The van der Waals surface area contributed by atoms with Crippen molar-refractivity contribution < 1.29 is 14.1 Å². The molecule has 0 radical (unpaired) electrons. The number of benzene rings is 2. The Morgan fingerprint density at radius 3 is 2.62 bits per heavy atom. The zero-order valence-corrected chi connectivity index (χ0v) is 16.4. The summed E-state index contributed by atoms with van der Waals surface area (Å²) in [4.78, 5) is 20.0. The summed E-state index contributed by atoms with van der Waals surface area (Å²) in [5, 5.41) is 7.60. The van der Waals surface area contributed by atoms with Gasteiger partial charge < -0.3 is 15.1 Å². The van der Waals surface area contributed by atoms with Crippen LogP contribution in [0.3, 0.4) is 0 Å². The number of halogens is 2. The number of aromatic nitrogens is 3. The Bertz CT molecular complexity index is 971. The van der Waals surface area contributed by atoms with E-state index < -0.39 is 0 Å². The molecule has 1 saturated heterocycles. The third-order valence-corrected chi connectivity index (χ3v) is 5.21. The zero-order valence-electron chi connectivity index (χ0n) is 15.7. The molecular formula is C20H21ClFN6O+. The van der Waals surface area contributed by atoms with Gasteiger partial charge in [-0.05, 0) is 42.5 Å². The normalized spacial score (nSPS) is 14.8. The van der Waals surface area contributed by atoms with E-state index in [-0.39, 0.29) is 11.7 Å². The third kappa shape index (κ3) is 4.72. The Morgan fingerprint density at radius 1 is 1.17 bits per heavy atom. The number of carbonyl (C=O) groups excluding carboxylic acids is 1. The molecule has 0 aliphatic carbocycles. The number of hydrogen-bond donors (Lipinski definition) is 2. The zero-order chi connectivity index (χ0) is 20.2. The highest BCUT2D eigenvalue weighted by Gasteiger charge is 2.23. The quantitative estimate of drug-likeness (QED) is 0.661. The molecule has 9 heteroatoms. The SMILES string of the molecule is O=C(C[NH+]1CCN(c2ccc(F)cc2)CC1)Nc1cc(Cl)ccc1-n1cncn1. The van der Waals surface area contributed by atoms with Gasteiger partial charge in [0.05, 0.1) is 37.6 Å². The number of hydrogen-bond acceptors (Lipinski definition) is 4. The average molecular weight is 416 g/mol. The van der Waals surface area contributed by atoms with Gasteiger partial charge in [-0.25, -0.2) is 14.1 Å². The second-order valence-electron chi connectivity index (χ2n) is 6.94. The Labute approximate surface area is 172 Å². The van der Waals surface area contributed by atoms with Crippen molar-refractivity contribution in [3.63, 3.8) is 0 Å². The maximum absolute atomic E-state index is 13.1. The Morgan fingerprint density at radius 2 is 1.93 bits per heavy atom. The van der Waals surface area contributed by atoms with Crippen molar-refractivity contribution in [2.75, 3.05) is 42.9 Å². The van der Waals surface area contributed by atoms with E-state index in [1.807, 2.05) is 0 Å². The van der Waals surface area contributed by atoms with Gasteiger partial charge in [-0.15, -0.1) is 0 Å². The summed E-state index contributed by atoms with van der Waals surface area (Å²) in [5.41, 5.74) is 2.31. The van der Waals surface area contributed by atoms with Gasteiger partial charge in [-0.1, -0.05) is 11.6 Å². The van der Waals surface area contributed by atoms with Gasteiger partial charge >= 0.3 is 0 Å². The molecule has 7 nitrogen and oxygen atoms in total. The number of nitrogens with one attached hydrogen (secondary N) is 2. The molecule has 1 fully saturated rings. The molecule has 2 N–H and O–H groups in total. The largest absolute Gasteiger partial charge is 0.360 e. The summed E-state index contributed by atoms with van der Waals surface area (Å²) < 4.78 is 14.7. The minimum Gasteiger partial charge on any atom is -0.360 e. The van der Waals surface area contributed by atoms with Crippen molar-refractivity contribution in [2.24, 2.45) is 0 Å². The first-order valence-corrected chi connectivity index (χ1v) is 9.75. The molecule has 1 aliphatic rings. The lowest BCUT2D eigenvalue weighted by molar-refractivity contribution is -0.892. The molecule has 0 spiro atoms. The number of carbonyl (C=O) groups is 1. The summed E-state index contributed by atoms with van der Waals surface area (Å²) in [6.45, 7) is 3.65. The van der Waals surface area contributed by atoms with Gasteiger partial charge in [0.1, 0.15) is 18.5 Å². The highest BCUT2D eigenvalue weighted by molar-refractivity contribution is 6.31. The first-order chi connectivity index (χ1) is 14.1. The van der Waals surface area contributed by atoms with Crippen LogP contribution in [-0.4, -0.2) is 53.4 Å². The number of rotatable bonds is 5. The Kier molecular flexibility index (Phi) is 5.73. The van der Waals surface area contributed by atoms with E-state index in [0.717, 1.165) is 31.9 Å². The molecule has 150 valence electrons. The average Bonchev–Trinajstić information content (AvgIpc) is 3.24. The number of nitrogens with zero attached hydrogens (tertiary/aromatic N) is 4. The Balaban J connectivity index is 1.35. The fraction of sp³-hybridized carbons (Fsp3) is 0.250. The van der Waals surface area contributed by atoms with Crippen molar-refractivity contribution in [3.05, 3.63) is 66.0 Å². The minimum absolute atomic E-state index is 0.0844. The summed E-state index contributed by atoms with van der Waals surface area (Å²) in [7, 11) is 0. The van der Waals surface area contributed by atoms with Crippen molar-refractivity contribution in [3.8, 4) is 5.69 Å². The van der Waals surface area contributed by atoms with E-state index in [9.17, 15) is 9.18 Å². The summed E-state index contributed by atoms with van der Waals surface area (Å²) in [6.07, 6.45) is 3.00. The maximum atomic E-state index is 13.1. The van der Waals surface area contributed by atoms with E-state index in [4.69, 9.17) is 11.6 Å². The van der Waals surface area contributed by atoms with Crippen LogP contribution in [0.1, 0.15) is 0 Å². The topological polar surface area (TPSA) is 67.5 Å². The minimum atomic E-state index is -0.235. The molecule has 1 aliphatic heterocycles. The van der Waals surface area contributed by atoms with Crippen LogP contribution in [0.5, 0.6) is 0 Å². The Hall–Kier alpha value is -2.97. The monoisotopic (exact) mass is 415 g/mol. The van der Waals surface area contributed by atoms with Crippen LogP contribution in [0, 0.1) is 5.82 Å². The second kappa shape index (κ2) is 8.59. The molecule has 0 unspecified atom stereocenters. The van der Waals surface area contributed by atoms with Crippen LogP contribution in [0.2, 0.25) is 5.02 Å². The fourth-order valence-electron chi connectivity index (χ4n) is 3.47. The number of amides is 1. The summed E-state index contributed by atoms with van der Waals surface area (Å²) >= 11 is 6.11. The molecule has 2 heterocycles. The van der Waals surface area contributed by atoms with Crippen LogP contribution < -0.4 is 15.1 Å². The van der Waals surface area contributed by atoms with E-state index in [2.05, 4.69) is 20.3 Å². The molecule has 0 bridgehead atoms. The molecule has 1 aromatic heterocycles. The molecule has 4 rings (SSSR count). The highest BCUT2D eigenvalue weighted by Crippen LogP contribution is 2.23. The summed E-state index contributed by atoms with van der Waals surface area (Å²) in [5.74, 6) is -0.320. The molecular weight excluding hydrogens is 395 g/mol. The van der Waals surface area contributed by atoms with Gasteiger partial charge in [-0.3, -0.25) is 4.79 Å². The first kappa shape index (κ1) is 19.4. The van der Waals surface area contributed by atoms with Crippen LogP contribution in [0.25, 0.3) is 5.69 Å². The van der Waals surface area contributed by atoms with Gasteiger partial charge in [0, 0.05) is 10.7 Å². The number of piperazine rings is 1. The van der Waals surface area contributed by atoms with Gasteiger partial charge in [0.2, 0.25) is 0 Å². The van der Waals surface area contributed by atoms with E-state index in [0.29, 0.717) is 22.9 Å². The van der Waals surface area contributed by atoms with Gasteiger partial charge in [0.25, 0.3) is 5.91 Å². The standard InChI is InChI=1S/C20H20ClFN6O/c21-15-1-6-19(28-14-23-13-24-28)18(11-15)25-20(29)12-26-7-9-27(10-8-26)17-4-2-16(22)3-5-17/h1-6,11,13-14H,7-10,12H2,(H,25,29)/p+1. The van der Waals surface area contributed by atoms with Crippen LogP contribution in [-0.2, 0) is 4.79 Å². The van der Waals surface area contributed by atoms with Gasteiger partial charge in [0.15, 0.2) is 6.54 Å². The van der Waals surface area contributed by atoms with E-state index in [1.165, 1.54) is 23.4 Å². The molecule has 3 aromatic rings. The molecule has 2 aromatic carbocycles. The van der Waals surface area contributed by atoms with E-state index >= 15 is 0 Å². The fourth-order valence-corrected chi connectivity index (χ4v) is 3.64. The van der Waals surface area contributed by atoms with Crippen molar-refractivity contribution in [2.45, 2.75) is 0 Å². The lowest BCUT2D eigenvalue weighted by Crippen LogP contribution is -3.15. The predicted octanol–water partition coefficient (Wildman–Crippen LogP) is 1.40. The smallest absolute Gasteiger partial charge is 0.279 e. The molecule has 0 saturated carbocycles. The van der Waals surface area contributed by atoms with Crippen LogP contribution >= 0.6 is 11.6 Å². The lowest BCUT2D eigenvalue weighted by atomic mass is 10.2. The van der Waals surface area contributed by atoms with Crippen LogP contribution in [0.4, 0.5) is 15.8 Å². The molecule has 29 heavy (non-hydrogen) atoms. The third-order valence-electron chi connectivity index (χ3n) is 4.97. The van der Waals surface area contributed by atoms with Crippen molar-refractivity contribution in [1.82, 2.24) is 14.8 Å². The van der Waals surface area contributed by atoms with Crippen LogP contribution in [0.15, 0.2) is 55.1 Å². The van der Waals surface area contributed by atoms with Crippen molar-refractivity contribution in [1.29, 1.82) is 0 Å². The molecule has 1 amide bonds. The number of anilines is 2. The molecule has 0 atom stereocenters. The lowest BCUT2D eigenvalue weighted by Gasteiger charge is -2.33. The first-order valence-electron chi connectivity index (χ1n) is 9.37. The summed E-state index contributed by atoms with van der Waals surface area (Å²) in [6, 6.07) is 11.8. The number of quaternary nitrogens is 1. The van der Waals surface area contributed by atoms with E-state index in [1.54, 1.807) is 41.3 Å². The van der Waals surface area contributed by atoms with Crippen molar-refractivity contribution >= 4 is 28.9 Å². The highest BCUT2D eigenvalue weighted by atomic mass is 35.5.